The van der Waals surface area contributed by atoms with Crippen molar-refractivity contribution in [1.29, 1.82) is 0 Å². The van der Waals surface area contributed by atoms with Gasteiger partial charge in [-0.05, 0) is 6.07 Å². The van der Waals surface area contributed by atoms with Gasteiger partial charge in [0.25, 0.3) is 0 Å². The second-order valence-corrected chi connectivity index (χ2v) is 2.39. The average Bonchev–Trinajstić information content (AvgIpc) is 2.67. The smallest absolute Gasteiger partial charge is 0.181 e. The second kappa shape index (κ2) is 3.22. The molecule has 0 atom stereocenters. The highest BCUT2D eigenvalue weighted by Gasteiger charge is 2.08. The molecular formula is C8H8N4O. The Hall–Kier alpha value is -1.91. The van der Waals surface area contributed by atoms with E-state index in [1.165, 1.54) is 0 Å². The Labute approximate surface area is 74.8 Å². The van der Waals surface area contributed by atoms with Crippen LogP contribution in [0.4, 0.5) is 0 Å². The van der Waals surface area contributed by atoms with Gasteiger partial charge in [-0.3, -0.25) is 5.10 Å². The predicted octanol–water partition coefficient (Wildman–Crippen LogP) is 0.875. The zero-order valence-electron chi connectivity index (χ0n) is 7.06. The normalized spacial score (nSPS) is 9.92. The summed E-state index contributed by atoms with van der Waals surface area (Å²) in [6.07, 6.45) is 4.93. The third-order valence-corrected chi connectivity index (χ3v) is 1.61. The van der Waals surface area contributed by atoms with Crippen LogP contribution < -0.4 is 4.74 Å². The number of rotatable bonds is 2. The van der Waals surface area contributed by atoms with Crippen LogP contribution in [0.25, 0.3) is 11.5 Å². The van der Waals surface area contributed by atoms with Crippen molar-refractivity contribution < 1.29 is 4.74 Å². The van der Waals surface area contributed by atoms with Crippen molar-refractivity contribution in [2.24, 2.45) is 0 Å². The van der Waals surface area contributed by atoms with Gasteiger partial charge in [0, 0.05) is 12.4 Å². The number of hydrogen-bond acceptors (Lipinski definition) is 4. The zero-order valence-corrected chi connectivity index (χ0v) is 7.06. The van der Waals surface area contributed by atoms with Gasteiger partial charge in [0.1, 0.15) is 5.69 Å². The van der Waals surface area contributed by atoms with Crippen LogP contribution in [0.3, 0.4) is 0 Å². The van der Waals surface area contributed by atoms with Gasteiger partial charge in [-0.25, -0.2) is 9.97 Å². The quantitative estimate of drug-likeness (QED) is 0.737. The minimum absolute atomic E-state index is 0.580. The van der Waals surface area contributed by atoms with E-state index >= 15 is 0 Å². The van der Waals surface area contributed by atoms with Crippen LogP contribution in [-0.2, 0) is 0 Å². The Morgan fingerprint density at radius 1 is 1.31 bits per heavy atom. The van der Waals surface area contributed by atoms with E-state index in [0.29, 0.717) is 17.3 Å². The first-order chi connectivity index (χ1) is 6.42. The fourth-order valence-corrected chi connectivity index (χ4v) is 1.02. The lowest BCUT2D eigenvalue weighted by molar-refractivity contribution is 0.416. The average molecular weight is 176 g/mol. The standard InChI is InChI=1S/C8H8N4O/c1-13-6-5-11-12-7(6)8-9-3-2-4-10-8/h2-5H,1H3,(H,11,12). The maximum Gasteiger partial charge on any atom is 0.181 e. The van der Waals surface area contributed by atoms with E-state index in [-0.39, 0.29) is 0 Å². The molecule has 0 aliphatic heterocycles. The van der Waals surface area contributed by atoms with Gasteiger partial charge in [0.15, 0.2) is 11.6 Å². The summed E-state index contributed by atoms with van der Waals surface area (Å²) < 4.78 is 5.07. The monoisotopic (exact) mass is 176 g/mol. The molecule has 2 rings (SSSR count). The van der Waals surface area contributed by atoms with Crippen LogP contribution in [-0.4, -0.2) is 27.3 Å². The molecule has 66 valence electrons. The number of nitrogens with one attached hydrogen (secondary N) is 1. The third kappa shape index (κ3) is 1.35. The molecule has 0 aromatic carbocycles. The Morgan fingerprint density at radius 3 is 2.77 bits per heavy atom. The molecule has 0 radical (unpaired) electrons. The van der Waals surface area contributed by atoms with Crippen molar-refractivity contribution in [3.8, 4) is 17.3 Å². The van der Waals surface area contributed by atoms with Gasteiger partial charge in [-0.2, -0.15) is 5.10 Å². The molecule has 0 amide bonds. The molecular weight excluding hydrogens is 168 g/mol. The van der Waals surface area contributed by atoms with E-state index in [0.717, 1.165) is 0 Å². The Balaban J connectivity index is 2.47. The highest BCUT2D eigenvalue weighted by atomic mass is 16.5. The van der Waals surface area contributed by atoms with Crippen LogP contribution in [0.15, 0.2) is 24.7 Å². The summed E-state index contributed by atoms with van der Waals surface area (Å²) in [6, 6.07) is 1.76. The first-order valence-electron chi connectivity index (χ1n) is 3.76. The number of H-pyrrole nitrogens is 1. The van der Waals surface area contributed by atoms with Gasteiger partial charge in [0.05, 0.1) is 13.3 Å². The molecule has 0 saturated heterocycles. The molecule has 2 aromatic rings. The Morgan fingerprint density at radius 2 is 2.08 bits per heavy atom. The number of aromatic amines is 1. The lowest BCUT2D eigenvalue weighted by atomic mass is 10.4. The molecule has 5 nitrogen and oxygen atoms in total. The minimum atomic E-state index is 0.580. The predicted molar refractivity (Wildman–Crippen MR) is 46.2 cm³/mol. The van der Waals surface area contributed by atoms with Gasteiger partial charge in [0.2, 0.25) is 0 Å². The minimum Gasteiger partial charge on any atom is -0.493 e. The van der Waals surface area contributed by atoms with Crippen molar-refractivity contribution >= 4 is 0 Å². The number of hydrogen-bond donors (Lipinski definition) is 1. The first kappa shape index (κ1) is 7.72. The summed E-state index contributed by atoms with van der Waals surface area (Å²) in [7, 11) is 1.58. The zero-order chi connectivity index (χ0) is 9.10. The molecule has 0 saturated carbocycles. The number of aromatic nitrogens is 4. The summed E-state index contributed by atoms with van der Waals surface area (Å²) in [5.41, 5.74) is 0.697. The second-order valence-electron chi connectivity index (χ2n) is 2.39. The Kier molecular flexibility index (Phi) is 1.91. The molecule has 0 unspecified atom stereocenters. The van der Waals surface area contributed by atoms with E-state index in [1.54, 1.807) is 31.8 Å². The highest BCUT2D eigenvalue weighted by molar-refractivity contribution is 5.57. The SMILES string of the molecule is COc1cn[nH]c1-c1ncccn1. The van der Waals surface area contributed by atoms with Gasteiger partial charge in [-0.15, -0.1) is 0 Å². The van der Waals surface area contributed by atoms with E-state index in [9.17, 15) is 0 Å². The highest BCUT2D eigenvalue weighted by Crippen LogP contribution is 2.22. The lowest BCUT2D eigenvalue weighted by Crippen LogP contribution is -1.90. The van der Waals surface area contributed by atoms with Crippen molar-refractivity contribution in [3.63, 3.8) is 0 Å². The number of nitrogens with zero attached hydrogens (tertiary/aromatic N) is 3. The molecule has 0 aliphatic rings. The largest absolute Gasteiger partial charge is 0.493 e. The number of ether oxygens (including phenoxy) is 1. The topological polar surface area (TPSA) is 63.7 Å². The van der Waals surface area contributed by atoms with E-state index in [1.807, 2.05) is 0 Å². The van der Waals surface area contributed by atoms with Crippen LogP contribution in [0, 0.1) is 0 Å². The van der Waals surface area contributed by atoms with Crippen LogP contribution in [0.2, 0.25) is 0 Å². The number of methoxy groups -OCH3 is 1. The first-order valence-corrected chi connectivity index (χ1v) is 3.76. The summed E-state index contributed by atoms with van der Waals surface area (Å²) in [4.78, 5) is 8.13. The molecule has 2 aromatic heterocycles. The van der Waals surface area contributed by atoms with Crippen molar-refractivity contribution in [3.05, 3.63) is 24.7 Å². The molecule has 0 bridgehead atoms. The van der Waals surface area contributed by atoms with Gasteiger partial charge in [-0.1, -0.05) is 0 Å². The summed E-state index contributed by atoms with van der Waals surface area (Å²) in [5, 5.41) is 6.61. The summed E-state index contributed by atoms with van der Waals surface area (Å²) >= 11 is 0. The van der Waals surface area contributed by atoms with Gasteiger partial charge >= 0.3 is 0 Å². The van der Waals surface area contributed by atoms with Gasteiger partial charge < -0.3 is 4.74 Å². The van der Waals surface area contributed by atoms with Crippen LogP contribution in [0.5, 0.6) is 5.75 Å². The van der Waals surface area contributed by atoms with Crippen LogP contribution >= 0.6 is 0 Å². The summed E-state index contributed by atoms with van der Waals surface area (Å²) in [6.45, 7) is 0. The molecule has 13 heavy (non-hydrogen) atoms. The molecule has 0 fully saturated rings. The Bertz CT molecular complexity index is 384. The fourth-order valence-electron chi connectivity index (χ4n) is 1.02. The van der Waals surface area contributed by atoms with Crippen molar-refractivity contribution in [2.75, 3.05) is 7.11 Å². The maximum atomic E-state index is 5.07. The van der Waals surface area contributed by atoms with Crippen LogP contribution in [0.1, 0.15) is 0 Å². The molecule has 0 aliphatic carbocycles. The van der Waals surface area contributed by atoms with E-state index in [4.69, 9.17) is 4.74 Å². The molecule has 1 N–H and O–H groups in total. The lowest BCUT2D eigenvalue weighted by Gasteiger charge is -1.98. The van der Waals surface area contributed by atoms with E-state index in [2.05, 4.69) is 20.2 Å². The van der Waals surface area contributed by atoms with Crippen molar-refractivity contribution in [1.82, 2.24) is 20.2 Å². The fraction of sp³-hybridized carbons (Fsp3) is 0.125. The van der Waals surface area contributed by atoms with Crippen molar-refractivity contribution in [2.45, 2.75) is 0 Å². The maximum absolute atomic E-state index is 5.07. The van der Waals surface area contributed by atoms with E-state index < -0.39 is 0 Å². The summed E-state index contributed by atoms with van der Waals surface area (Å²) in [5.74, 6) is 1.23. The third-order valence-electron chi connectivity index (χ3n) is 1.61. The molecule has 0 spiro atoms. The molecule has 2 heterocycles. The molecule has 5 heteroatoms.